The van der Waals surface area contributed by atoms with Gasteiger partial charge in [0.05, 0.1) is 0 Å². The molecule has 16 heavy (non-hydrogen) atoms. The molecule has 0 bridgehead atoms. The van der Waals surface area contributed by atoms with E-state index in [0.717, 1.165) is 0 Å². The van der Waals surface area contributed by atoms with Crippen molar-refractivity contribution < 1.29 is 14.3 Å². The maximum Gasteiger partial charge on any atom is 0.354 e. The number of carboxylic acids is 1. The number of hydrogen-bond donors (Lipinski definition) is 1. The molecule has 0 radical (unpaired) electrons. The number of pyridine rings is 1. The van der Waals surface area contributed by atoms with Crippen molar-refractivity contribution in [2.45, 2.75) is 26.2 Å². The molecule has 0 aromatic carbocycles. The Labute approximate surface area is 92.1 Å². The van der Waals surface area contributed by atoms with Gasteiger partial charge in [-0.05, 0) is 12.1 Å². The van der Waals surface area contributed by atoms with Gasteiger partial charge in [-0.15, -0.1) is 0 Å². The van der Waals surface area contributed by atoms with E-state index < -0.39 is 5.97 Å². The number of carbonyl (C=O) groups is 1. The van der Waals surface area contributed by atoms with Gasteiger partial charge in [-0.25, -0.2) is 9.78 Å². The Hall–Kier alpha value is -1.91. The molecule has 0 fully saturated rings. The average molecular weight is 220 g/mol. The molecule has 0 atom stereocenters. The number of nitrogens with zero attached hydrogens (tertiary/aromatic N) is 2. The van der Waals surface area contributed by atoms with E-state index in [9.17, 15) is 4.79 Å². The monoisotopic (exact) mass is 220 g/mol. The van der Waals surface area contributed by atoms with E-state index in [2.05, 4.69) is 9.97 Å². The lowest BCUT2D eigenvalue weighted by Gasteiger charge is -2.11. The molecule has 2 aromatic rings. The predicted octanol–water partition coefficient (Wildman–Crippen LogP) is 2.22. The Kier molecular flexibility index (Phi) is 2.18. The highest BCUT2D eigenvalue weighted by atomic mass is 16.4. The van der Waals surface area contributed by atoms with Crippen molar-refractivity contribution >= 4 is 17.2 Å². The predicted molar refractivity (Wildman–Crippen MR) is 57.5 cm³/mol. The summed E-state index contributed by atoms with van der Waals surface area (Å²) in [4.78, 5) is 18.8. The van der Waals surface area contributed by atoms with E-state index in [1.807, 2.05) is 20.8 Å². The van der Waals surface area contributed by atoms with Crippen LogP contribution in [0, 0.1) is 0 Å². The lowest BCUT2D eigenvalue weighted by atomic mass is 9.97. The summed E-state index contributed by atoms with van der Waals surface area (Å²) in [6, 6.07) is 2.98. The third-order valence-electron chi connectivity index (χ3n) is 2.11. The van der Waals surface area contributed by atoms with Crippen LogP contribution >= 0.6 is 0 Å². The molecule has 5 nitrogen and oxygen atoms in total. The van der Waals surface area contributed by atoms with Gasteiger partial charge in [0.2, 0.25) is 5.89 Å². The molecular formula is C11H12N2O3. The lowest BCUT2D eigenvalue weighted by molar-refractivity contribution is 0.0691. The van der Waals surface area contributed by atoms with Crippen molar-refractivity contribution in [2.75, 3.05) is 0 Å². The van der Waals surface area contributed by atoms with Crippen LogP contribution in [0.3, 0.4) is 0 Å². The van der Waals surface area contributed by atoms with Crippen LogP contribution in [-0.4, -0.2) is 21.0 Å². The topological polar surface area (TPSA) is 76.2 Å². The minimum atomic E-state index is -1.07. The van der Waals surface area contributed by atoms with E-state index >= 15 is 0 Å². The van der Waals surface area contributed by atoms with Gasteiger partial charge in [0.25, 0.3) is 0 Å². The maximum atomic E-state index is 10.7. The minimum Gasteiger partial charge on any atom is -0.477 e. The Bertz CT molecular complexity index is 552. The molecule has 84 valence electrons. The first-order valence-electron chi connectivity index (χ1n) is 4.89. The number of rotatable bonds is 1. The average Bonchev–Trinajstić information content (AvgIpc) is 2.58. The fourth-order valence-electron chi connectivity index (χ4n) is 1.26. The van der Waals surface area contributed by atoms with Crippen LogP contribution in [0.2, 0.25) is 0 Å². The lowest BCUT2D eigenvalue weighted by Crippen LogP contribution is -2.11. The third-order valence-corrected chi connectivity index (χ3v) is 2.11. The van der Waals surface area contributed by atoms with Gasteiger partial charge in [0.15, 0.2) is 16.9 Å². The van der Waals surface area contributed by atoms with Crippen molar-refractivity contribution in [2.24, 2.45) is 0 Å². The molecule has 0 saturated heterocycles. The molecule has 0 aliphatic carbocycles. The fraction of sp³-hybridized carbons (Fsp3) is 0.364. The van der Waals surface area contributed by atoms with E-state index in [-0.39, 0.29) is 11.1 Å². The second-order valence-electron chi connectivity index (χ2n) is 4.59. The number of aromatic nitrogens is 2. The molecule has 2 rings (SSSR count). The zero-order chi connectivity index (χ0) is 11.9. The molecular weight excluding hydrogens is 208 g/mol. The van der Waals surface area contributed by atoms with Crippen LogP contribution < -0.4 is 0 Å². The second-order valence-corrected chi connectivity index (χ2v) is 4.59. The van der Waals surface area contributed by atoms with E-state index in [4.69, 9.17) is 9.52 Å². The van der Waals surface area contributed by atoms with E-state index in [0.29, 0.717) is 17.1 Å². The molecule has 0 unspecified atom stereocenters. The summed E-state index contributed by atoms with van der Waals surface area (Å²) in [7, 11) is 0. The van der Waals surface area contributed by atoms with Gasteiger partial charge in [0.1, 0.15) is 0 Å². The van der Waals surface area contributed by atoms with Crippen LogP contribution in [0.5, 0.6) is 0 Å². The minimum absolute atomic E-state index is 0.0266. The van der Waals surface area contributed by atoms with Gasteiger partial charge >= 0.3 is 5.97 Å². The van der Waals surface area contributed by atoms with Gasteiger partial charge in [-0.1, -0.05) is 20.8 Å². The van der Waals surface area contributed by atoms with Crippen LogP contribution in [0.25, 0.3) is 11.2 Å². The summed E-state index contributed by atoms with van der Waals surface area (Å²) in [5, 5.41) is 8.79. The zero-order valence-electron chi connectivity index (χ0n) is 9.31. The smallest absolute Gasteiger partial charge is 0.354 e. The highest BCUT2D eigenvalue weighted by Crippen LogP contribution is 2.24. The number of carboxylic acid groups (broad SMARTS) is 1. The zero-order valence-corrected chi connectivity index (χ0v) is 9.31. The van der Waals surface area contributed by atoms with Crippen LogP contribution in [-0.2, 0) is 5.41 Å². The van der Waals surface area contributed by atoms with Crippen molar-refractivity contribution in [3.8, 4) is 0 Å². The van der Waals surface area contributed by atoms with E-state index in [1.54, 1.807) is 6.07 Å². The maximum absolute atomic E-state index is 10.7. The molecule has 2 heterocycles. The summed E-state index contributed by atoms with van der Waals surface area (Å²) < 4.78 is 5.50. The molecule has 0 aliphatic heterocycles. The second kappa shape index (κ2) is 3.30. The van der Waals surface area contributed by atoms with E-state index in [1.165, 1.54) is 6.07 Å². The fourth-order valence-corrected chi connectivity index (χ4v) is 1.26. The molecule has 1 N–H and O–H groups in total. The van der Waals surface area contributed by atoms with Gasteiger partial charge < -0.3 is 9.52 Å². The Morgan fingerprint density at radius 1 is 1.31 bits per heavy atom. The molecule has 0 aliphatic rings. The molecule has 0 amide bonds. The third kappa shape index (κ3) is 1.76. The van der Waals surface area contributed by atoms with Crippen LogP contribution in [0.4, 0.5) is 0 Å². The Balaban J connectivity index is 2.59. The number of fused-ring (bicyclic) bond motifs is 1. The quantitative estimate of drug-likeness (QED) is 0.797. The summed E-state index contributed by atoms with van der Waals surface area (Å²) in [6.45, 7) is 5.90. The molecule has 5 heteroatoms. The largest absolute Gasteiger partial charge is 0.477 e. The Morgan fingerprint density at radius 3 is 2.56 bits per heavy atom. The van der Waals surface area contributed by atoms with Gasteiger partial charge in [-0.2, -0.15) is 4.98 Å². The normalized spacial score (nSPS) is 11.9. The van der Waals surface area contributed by atoms with Crippen LogP contribution in [0.1, 0.15) is 37.2 Å². The first-order valence-corrected chi connectivity index (χ1v) is 4.89. The standard InChI is InChI=1S/C11H12N2O3/c1-11(2,3)10-13-8-7(16-10)5-4-6(12-8)9(14)15/h4-5H,1-3H3,(H,14,15). The molecule has 2 aromatic heterocycles. The first kappa shape index (κ1) is 10.6. The van der Waals surface area contributed by atoms with Crippen molar-refractivity contribution in [1.29, 1.82) is 0 Å². The van der Waals surface area contributed by atoms with Crippen molar-refractivity contribution in [1.82, 2.24) is 9.97 Å². The van der Waals surface area contributed by atoms with Crippen molar-refractivity contribution in [3.63, 3.8) is 0 Å². The highest BCUT2D eigenvalue weighted by molar-refractivity contribution is 5.87. The number of aromatic carboxylic acids is 1. The molecule has 0 saturated carbocycles. The van der Waals surface area contributed by atoms with Gasteiger partial charge in [0, 0.05) is 5.41 Å². The number of oxazole rings is 1. The van der Waals surface area contributed by atoms with Crippen molar-refractivity contribution in [3.05, 3.63) is 23.7 Å². The number of hydrogen-bond acceptors (Lipinski definition) is 4. The SMILES string of the molecule is CC(C)(C)c1nc2nc(C(=O)O)ccc2o1. The first-order chi connectivity index (χ1) is 7.38. The summed E-state index contributed by atoms with van der Waals surface area (Å²) >= 11 is 0. The Morgan fingerprint density at radius 2 is 2.00 bits per heavy atom. The van der Waals surface area contributed by atoms with Gasteiger partial charge in [-0.3, -0.25) is 0 Å². The molecule has 0 spiro atoms. The summed E-state index contributed by atoms with van der Waals surface area (Å²) in [5.41, 5.74) is 0.602. The summed E-state index contributed by atoms with van der Waals surface area (Å²) in [6.07, 6.45) is 0. The van der Waals surface area contributed by atoms with Crippen LogP contribution in [0.15, 0.2) is 16.5 Å². The highest BCUT2D eigenvalue weighted by Gasteiger charge is 2.21. The summed E-state index contributed by atoms with van der Waals surface area (Å²) in [5.74, 6) is -0.514.